The molecule has 2 aromatic rings. The topological polar surface area (TPSA) is 38.3 Å². The highest BCUT2D eigenvalue weighted by molar-refractivity contribution is 6.30. The smallest absolute Gasteiger partial charge is 0.251 e. The summed E-state index contributed by atoms with van der Waals surface area (Å²) in [7, 11) is 0. The van der Waals surface area contributed by atoms with E-state index in [0.717, 1.165) is 11.3 Å². The zero-order valence-electron chi connectivity index (χ0n) is 12.3. The maximum atomic E-state index is 12.0. The van der Waals surface area contributed by atoms with E-state index in [1.807, 2.05) is 39.0 Å². The van der Waals surface area contributed by atoms with Crippen molar-refractivity contribution < 1.29 is 9.53 Å². The van der Waals surface area contributed by atoms with E-state index in [-0.39, 0.29) is 11.9 Å². The lowest BCUT2D eigenvalue weighted by atomic mass is 10.2. The number of carbonyl (C=O) groups is 1. The average molecular weight is 304 g/mol. The van der Waals surface area contributed by atoms with Gasteiger partial charge in [-0.3, -0.25) is 4.79 Å². The van der Waals surface area contributed by atoms with Crippen molar-refractivity contribution in [3.8, 4) is 11.5 Å². The van der Waals surface area contributed by atoms with E-state index in [1.165, 1.54) is 0 Å². The highest BCUT2D eigenvalue weighted by Crippen LogP contribution is 2.27. The number of carbonyl (C=O) groups excluding carboxylic acids is 1. The standard InChI is InChI=1S/C17H18ClNO2/c1-11(2)19-17(20)13-5-4-6-15(10-13)21-16-8-7-14(18)9-12(16)3/h4-11H,1-3H3,(H,19,20). The van der Waals surface area contributed by atoms with Crippen LogP contribution in [0.25, 0.3) is 0 Å². The van der Waals surface area contributed by atoms with Crippen molar-refractivity contribution in [2.75, 3.05) is 0 Å². The molecule has 0 aromatic heterocycles. The van der Waals surface area contributed by atoms with Gasteiger partial charge in [0.25, 0.3) is 5.91 Å². The van der Waals surface area contributed by atoms with Crippen LogP contribution in [-0.2, 0) is 0 Å². The van der Waals surface area contributed by atoms with Crippen LogP contribution < -0.4 is 10.1 Å². The molecule has 2 rings (SSSR count). The summed E-state index contributed by atoms with van der Waals surface area (Å²) < 4.78 is 5.82. The van der Waals surface area contributed by atoms with Crippen molar-refractivity contribution in [2.24, 2.45) is 0 Å². The van der Waals surface area contributed by atoms with Crippen molar-refractivity contribution >= 4 is 17.5 Å². The fourth-order valence-electron chi connectivity index (χ4n) is 1.90. The Labute approximate surface area is 129 Å². The van der Waals surface area contributed by atoms with Gasteiger partial charge in [0, 0.05) is 16.6 Å². The number of halogens is 1. The van der Waals surface area contributed by atoms with Gasteiger partial charge in [0.1, 0.15) is 11.5 Å². The summed E-state index contributed by atoms with van der Waals surface area (Å²) in [6.45, 7) is 5.78. The third-order valence-electron chi connectivity index (χ3n) is 2.88. The van der Waals surface area contributed by atoms with Gasteiger partial charge in [-0.2, -0.15) is 0 Å². The molecule has 0 saturated heterocycles. The molecular weight excluding hydrogens is 286 g/mol. The van der Waals surface area contributed by atoms with E-state index >= 15 is 0 Å². The Kier molecular flexibility index (Phi) is 4.86. The Morgan fingerprint density at radius 2 is 1.95 bits per heavy atom. The van der Waals surface area contributed by atoms with Crippen LogP contribution in [0.2, 0.25) is 5.02 Å². The first-order valence-corrected chi connectivity index (χ1v) is 7.18. The lowest BCUT2D eigenvalue weighted by Gasteiger charge is -2.11. The Balaban J connectivity index is 2.19. The van der Waals surface area contributed by atoms with Crippen LogP contribution in [-0.4, -0.2) is 11.9 Å². The maximum Gasteiger partial charge on any atom is 0.251 e. The molecule has 0 radical (unpaired) electrons. The van der Waals surface area contributed by atoms with Gasteiger partial charge in [-0.15, -0.1) is 0 Å². The van der Waals surface area contributed by atoms with Crippen molar-refractivity contribution in [3.05, 3.63) is 58.6 Å². The van der Waals surface area contributed by atoms with E-state index in [4.69, 9.17) is 16.3 Å². The Bertz CT molecular complexity index is 653. The third kappa shape index (κ3) is 4.23. The fourth-order valence-corrected chi connectivity index (χ4v) is 2.13. The molecule has 1 amide bonds. The van der Waals surface area contributed by atoms with Gasteiger partial charge >= 0.3 is 0 Å². The highest BCUT2D eigenvalue weighted by Gasteiger charge is 2.09. The average Bonchev–Trinajstić information content (AvgIpc) is 2.41. The molecule has 0 spiro atoms. The second-order valence-electron chi connectivity index (χ2n) is 5.17. The molecule has 0 fully saturated rings. The van der Waals surface area contributed by atoms with E-state index in [2.05, 4.69) is 5.32 Å². The van der Waals surface area contributed by atoms with Crippen molar-refractivity contribution in [1.29, 1.82) is 0 Å². The number of aryl methyl sites for hydroxylation is 1. The summed E-state index contributed by atoms with van der Waals surface area (Å²) >= 11 is 5.93. The number of ether oxygens (including phenoxy) is 1. The molecule has 0 atom stereocenters. The van der Waals surface area contributed by atoms with E-state index in [1.54, 1.807) is 24.3 Å². The molecule has 1 N–H and O–H groups in total. The fraction of sp³-hybridized carbons (Fsp3) is 0.235. The normalized spacial score (nSPS) is 10.5. The second-order valence-corrected chi connectivity index (χ2v) is 5.60. The van der Waals surface area contributed by atoms with Gasteiger partial charge in [0.05, 0.1) is 0 Å². The third-order valence-corrected chi connectivity index (χ3v) is 3.12. The summed E-state index contributed by atoms with van der Waals surface area (Å²) in [6.07, 6.45) is 0. The van der Waals surface area contributed by atoms with E-state index < -0.39 is 0 Å². The Morgan fingerprint density at radius 1 is 1.19 bits per heavy atom. The molecule has 0 aliphatic carbocycles. The number of hydrogen-bond donors (Lipinski definition) is 1. The van der Waals surface area contributed by atoms with E-state index in [0.29, 0.717) is 16.3 Å². The molecule has 0 heterocycles. The summed E-state index contributed by atoms with van der Waals surface area (Å²) in [4.78, 5) is 12.0. The SMILES string of the molecule is Cc1cc(Cl)ccc1Oc1cccc(C(=O)NC(C)C)c1. The van der Waals surface area contributed by atoms with Crippen molar-refractivity contribution in [1.82, 2.24) is 5.32 Å². The zero-order valence-corrected chi connectivity index (χ0v) is 13.1. The second kappa shape index (κ2) is 6.64. The van der Waals surface area contributed by atoms with Gasteiger partial charge in [0.15, 0.2) is 0 Å². The zero-order chi connectivity index (χ0) is 15.4. The maximum absolute atomic E-state index is 12.0. The van der Waals surface area contributed by atoms with Crippen molar-refractivity contribution in [3.63, 3.8) is 0 Å². The summed E-state index contributed by atoms with van der Waals surface area (Å²) in [6, 6.07) is 12.6. The molecule has 4 heteroatoms. The van der Waals surface area contributed by atoms with Crippen LogP contribution in [0.3, 0.4) is 0 Å². The minimum Gasteiger partial charge on any atom is -0.457 e. The number of nitrogens with one attached hydrogen (secondary N) is 1. The largest absolute Gasteiger partial charge is 0.457 e. The molecule has 0 unspecified atom stereocenters. The summed E-state index contributed by atoms with van der Waals surface area (Å²) in [5, 5.41) is 3.53. The first-order chi connectivity index (χ1) is 9.95. The lowest BCUT2D eigenvalue weighted by molar-refractivity contribution is 0.0943. The number of rotatable bonds is 4. The lowest BCUT2D eigenvalue weighted by Crippen LogP contribution is -2.29. The first kappa shape index (κ1) is 15.4. The molecule has 0 aliphatic heterocycles. The van der Waals surface area contributed by atoms with Crippen LogP contribution in [0.15, 0.2) is 42.5 Å². The molecule has 0 bridgehead atoms. The Hall–Kier alpha value is -2.00. The molecule has 2 aromatic carbocycles. The number of amides is 1. The molecule has 3 nitrogen and oxygen atoms in total. The predicted molar refractivity (Wildman–Crippen MR) is 85.3 cm³/mol. The number of hydrogen-bond acceptors (Lipinski definition) is 2. The van der Waals surface area contributed by atoms with Crippen LogP contribution in [0.5, 0.6) is 11.5 Å². The Morgan fingerprint density at radius 3 is 2.62 bits per heavy atom. The summed E-state index contributed by atoms with van der Waals surface area (Å²) in [5.74, 6) is 1.24. The minimum atomic E-state index is -0.108. The number of benzene rings is 2. The molecule has 0 aliphatic rings. The van der Waals surface area contributed by atoms with Crippen LogP contribution in [0.1, 0.15) is 29.8 Å². The molecule has 0 saturated carbocycles. The van der Waals surface area contributed by atoms with Gasteiger partial charge < -0.3 is 10.1 Å². The van der Waals surface area contributed by atoms with Gasteiger partial charge in [-0.1, -0.05) is 17.7 Å². The monoisotopic (exact) mass is 303 g/mol. The van der Waals surface area contributed by atoms with Crippen LogP contribution in [0.4, 0.5) is 0 Å². The quantitative estimate of drug-likeness (QED) is 0.898. The van der Waals surface area contributed by atoms with E-state index in [9.17, 15) is 4.79 Å². The first-order valence-electron chi connectivity index (χ1n) is 6.80. The van der Waals surface area contributed by atoms with Crippen LogP contribution >= 0.6 is 11.6 Å². The summed E-state index contributed by atoms with van der Waals surface area (Å²) in [5.41, 5.74) is 1.52. The van der Waals surface area contributed by atoms with Gasteiger partial charge in [-0.05, 0) is 62.7 Å². The molecule has 21 heavy (non-hydrogen) atoms. The predicted octanol–water partition coefficient (Wildman–Crippen LogP) is 4.58. The van der Waals surface area contributed by atoms with Crippen molar-refractivity contribution in [2.45, 2.75) is 26.8 Å². The molecule has 110 valence electrons. The van der Waals surface area contributed by atoms with Crippen LogP contribution in [0, 0.1) is 6.92 Å². The van der Waals surface area contributed by atoms with Gasteiger partial charge in [0.2, 0.25) is 0 Å². The molecular formula is C17H18ClNO2. The highest BCUT2D eigenvalue weighted by atomic mass is 35.5. The van der Waals surface area contributed by atoms with Gasteiger partial charge in [-0.25, -0.2) is 0 Å². The minimum absolute atomic E-state index is 0.0978.